The van der Waals surface area contributed by atoms with Gasteiger partial charge in [-0.05, 0) is 30.6 Å². The molecule has 0 bridgehead atoms. The molecular formula is C27H41Cl2N5O5. The Morgan fingerprint density at radius 1 is 0.974 bits per heavy atom. The first-order valence-corrected chi connectivity index (χ1v) is 14.9. The summed E-state index contributed by atoms with van der Waals surface area (Å²) in [7, 11) is 0. The van der Waals surface area contributed by atoms with Gasteiger partial charge in [-0.2, -0.15) is 0 Å². The summed E-state index contributed by atoms with van der Waals surface area (Å²) in [6, 6.07) is -3.40. The molecule has 1 saturated heterocycles. The van der Waals surface area contributed by atoms with Gasteiger partial charge in [0.15, 0.2) is 0 Å². The first kappa shape index (κ1) is 29.9. The van der Waals surface area contributed by atoms with Crippen molar-refractivity contribution in [2.45, 2.75) is 107 Å². The molecule has 0 spiro atoms. The number of Topliss-reactive ketones (excluding diaryl/α,β-unsaturated/α-hetero) is 1. The summed E-state index contributed by atoms with van der Waals surface area (Å²) in [5.41, 5.74) is 4.60. The zero-order valence-electron chi connectivity index (χ0n) is 22.9. The fourth-order valence-electron chi connectivity index (χ4n) is 6.28. The number of nitrogens with zero attached hydrogens (tertiary/aromatic N) is 1. The van der Waals surface area contributed by atoms with Gasteiger partial charge in [-0.3, -0.25) is 19.2 Å². The number of carbonyl (C=O) groups excluding carboxylic acids is 5. The molecule has 0 aromatic carbocycles. The van der Waals surface area contributed by atoms with Crippen molar-refractivity contribution in [1.82, 2.24) is 20.9 Å². The maximum Gasteiger partial charge on any atom is 0.315 e. The highest BCUT2D eigenvalue weighted by Gasteiger charge is 2.74. The number of carbonyl (C=O) groups is 5. The molecule has 10 nitrogen and oxygen atoms in total. The van der Waals surface area contributed by atoms with Crippen LogP contribution in [0.25, 0.3) is 0 Å². The second kappa shape index (κ2) is 11.4. The van der Waals surface area contributed by atoms with E-state index in [0.717, 1.165) is 51.4 Å². The molecule has 0 radical (unpaired) electrons. The summed E-state index contributed by atoms with van der Waals surface area (Å²) < 4.78 is -1.18. The smallest absolute Gasteiger partial charge is 0.315 e. The summed E-state index contributed by atoms with van der Waals surface area (Å²) in [4.78, 5) is 66.2. The minimum Gasteiger partial charge on any atom is -0.363 e. The number of fused-ring (bicyclic) bond motifs is 1. The van der Waals surface area contributed by atoms with E-state index in [1.54, 1.807) is 0 Å². The number of amides is 5. The van der Waals surface area contributed by atoms with Crippen LogP contribution in [0.2, 0.25) is 0 Å². The highest BCUT2D eigenvalue weighted by molar-refractivity contribution is 6.51. The number of nitrogens with two attached hydrogens (primary N) is 1. The van der Waals surface area contributed by atoms with E-state index < -0.39 is 63.3 Å². The van der Waals surface area contributed by atoms with Crippen molar-refractivity contribution in [2.24, 2.45) is 28.9 Å². The van der Waals surface area contributed by atoms with Crippen molar-refractivity contribution in [3.8, 4) is 0 Å². The molecule has 5 N–H and O–H groups in total. The van der Waals surface area contributed by atoms with E-state index in [0.29, 0.717) is 6.42 Å². The number of hydrogen-bond acceptors (Lipinski definition) is 5. The molecule has 5 amide bonds. The number of likely N-dealkylation sites (tertiary alicyclic amines) is 1. The zero-order valence-corrected chi connectivity index (χ0v) is 24.4. The van der Waals surface area contributed by atoms with Crippen LogP contribution >= 0.6 is 23.2 Å². The van der Waals surface area contributed by atoms with E-state index in [4.69, 9.17) is 28.9 Å². The number of nitrogens with one attached hydrogen (secondary N) is 3. The minimum atomic E-state index is -1.18. The molecule has 12 heteroatoms. The summed E-state index contributed by atoms with van der Waals surface area (Å²) in [5, 5.41) is 8.53. The summed E-state index contributed by atoms with van der Waals surface area (Å²) in [6.45, 7) is 5.67. The van der Waals surface area contributed by atoms with Crippen molar-refractivity contribution in [2.75, 3.05) is 6.54 Å². The van der Waals surface area contributed by atoms with Gasteiger partial charge in [-0.1, -0.05) is 59.3 Å². The Morgan fingerprint density at radius 3 is 2.15 bits per heavy atom. The third-order valence-electron chi connectivity index (χ3n) is 8.88. The zero-order chi connectivity index (χ0) is 28.7. The van der Waals surface area contributed by atoms with Gasteiger partial charge in [0.1, 0.15) is 16.4 Å². The fourth-order valence-corrected chi connectivity index (χ4v) is 7.10. The highest BCUT2D eigenvalue weighted by atomic mass is 35.5. The number of piperidine rings is 1. The Labute approximate surface area is 239 Å². The third kappa shape index (κ3) is 6.47. The Balaban J connectivity index is 1.50. The predicted molar refractivity (Wildman–Crippen MR) is 147 cm³/mol. The topological polar surface area (TPSA) is 151 Å². The van der Waals surface area contributed by atoms with Crippen LogP contribution < -0.4 is 21.7 Å². The molecule has 1 heterocycles. The molecule has 4 rings (SSSR count). The van der Waals surface area contributed by atoms with E-state index in [1.165, 1.54) is 4.90 Å². The van der Waals surface area contributed by atoms with Crippen LogP contribution in [0.15, 0.2) is 0 Å². The Hall–Kier alpha value is -2.07. The van der Waals surface area contributed by atoms with Crippen LogP contribution in [-0.2, 0) is 19.2 Å². The Bertz CT molecular complexity index is 1010. The second-order valence-corrected chi connectivity index (χ2v) is 14.3. The normalized spacial score (nSPS) is 27.9. The van der Waals surface area contributed by atoms with E-state index in [1.807, 2.05) is 20.8 Å². The number of rotatable bonds is 9. The number of hydrogen-bond donors (Lipinski definition) is 4. The number of ketones is 1. The summed E-state index contributed by atoms with van der Waals surface area (Å²) in [6.07, 6.45) is 8.22. The van der Waals surface area contributed by atoms with Gasteiger partial charge in [0.2, 0.25) is 17.6 Å². The van der Waals surface area contributed by atoms with Gasteiger partial charge in [0.25, 0.3) is 5.91 Å². The molecule has 1 aliphatic heterocycles. The van der Waals surface area contributed by atoms with E-state index >= 15 is 0 Å². The van der Waals surface area contributed by atoms with Crippen LogP contribution in [0.3, 0.4) is 0 Å². The first-order chi connectivity index (χ1) is 18.2. The predicted octanol–water partition coefficient (Wildman–Crippen LogP) is 2.39. The Kier molecular flexibility index (Phi) is 8.76. The van der Waals surface area contributed by atoms with Crippen LogP contribution in [0.4, 0.5) is 4.79 Å². The van der Waals surface area contributed by atoms with Crippen molar-refractivity contribution in [1.29, 1.82) is 0 Å². The third-order valence-corrected chi connectivity index (χ3v) is 9.95. The van der Waals surface area contributed by atoms with Crippen molar-refractivity contribution in [3.63, 3.8) is 0 Å². The maximum atomic E-state index is 13.9. The van der Waals surface area contributed by atoms with Gasteiger partial charge in [-0.25, -0.2) is 4.79 Å². The number of primary amides is 1. The number of urea groups is 1. The van der Waals surface area contributed by atoms with Gasteiger partial charge in [-0.15, -0.1) is 23.2 Å². The molecule has 0 aromatic heterocycles. The van der Waals surface area contributed by atoms with Crippen LogP contribution in [0, 0.1) is 23.2 Å². The number of alkyl halides is 2. The van der Waals surface area contributed by atoms with E-state index in [9.17, 15) is 24.0 Å². The Morgan fingerprint density at radius 2 is 1.62 bits per heavy atom. The molecule has 3 aliphatic carbocycles. The molecule has 0 aromatic rings. The van der Waals surface area contributed by atoms with E-state index in [-0.39, 0.29) is 24.4 Å². The van der Waals surface area contributed by atoms with Crippen LogP contribution in [-0.4, -0.2) is 69.5 Å². The summed E-state index contributed by atoms with van der Waals surface area (Å²) >= 11 is 12.9. The van der Waals surface area contributed by atoms with Crippen LogP contribution in [0.1, 0.15) is 78.6 Å². The molecule has 39 heavy (non-hydrogen) atoms. The van der Waals surface area contributed by atoms with Gasteiger partial charge in [0, 0.05) is 24.4 Å². The first-order valence-electron chi connectivity index (χ1n) is 14.1. The van der Waals surface area contributed by atoms with Gasteiger partial charge in [0.05, 0.1) is 6.04 Å². The molecular weight excluding hydrogens is 545 g/mol. The average Bonchev–Trinajstić information content (AvgIpc) is 3.15. The van der Waals surface area contributed by atoms with Gasteiger partial charge >= 0.3 is 6.03 Å². The number of halogens is 2. The van der Waals surface area contributed by atoms with E-state index in [2.05, 4.69) is 16.0 Å². The highest BCUT2D eigenvalue weighted by Crippen LogP contribution is 2.65. The molecule has 3 saturated carbocycles. The standard InChI is InChI=1S/C27H41Cl2N5O5/c1-26(2,3)21(33-25(39)31-15-10-5-4-6-11-15)24(38)34-13-16-18(27(16,28)29)19(34)23(37)32-17(20(35)22(30)36)12-14-8-7-9-14/h14-19,21H,4-13H2,1-3H3,(H2,30,36)(H,32,37)(H2,31,33,39)/t16?,17?,18?,19-,21?/m0/s1. The average molecular weight is 587 g/mol. The largest absolute Gasteiger partial charge is 0.363 e. The summed E-state index contributed by atoms with van der Waals surface area (Å²) in [5.74, 6) is -3.65. The lowest BCUT2D eigenvalue weighted by Gasteiger charge is -2.38. The van der Waals surface area contributed by atoms with Crippen molar-refractivity contribution >= 4 is 52.7 Å². The SMILES string of the molecule is CC(C)(C)C(NC(=O)NC1CCCCC1)C(=O)N1CC2C([C@H]1C(=O)NC(CC1CCC1)C(=O)C(N)=O)C2(Cl)Cl. The quantitative estimate of drug-likeness (QED) is 0.242. The minimum absolute atomic E-state index is 0.0657. The molecule has 5 atom stereocenters. The van der Waals surface area contributed by atoms with Gasteiger partial charge < -0.3 is 26.6 Å². The second-order valence-electron chi connectivity index (χ2n) is 12.8. The molecule has 4 aliphatic rings. The molecule has 218 valence electrons. The lowest BCUT2D eigenvalue weighted by molar-refractivity contribution is -0.144. The monoisotopic (exact) mass is 585 g/mol. The fraction of sp³-hybridized carbons (Fsp3) is 0.815. The maximum absolute atomic E-state index is 13.9. The molecule has 4 unspecified atom stereocenters. The van der Waals surface area contributed by atoms with Crippen molar-refractivity contribution in [3.05, 3.63) is 0 Å². The molecule has 4 fully saturated rings. The van der Waals surface area contributed by atoms with Crippen molar-refractivity contribution < 1.29 is 24.0 Å². The van der Waals surface area contributed by atoms with Crippen LogP contribution in [0.5, 0.6) is 0 Å². The lowest BCUT2D eigenvalue weighted by atomic mass is 9.80. The lowest BCUT2D eigenvalue weighted by Crippen LogP contribution is -2.62.